The van der Waals surface area contributed by atoms with Crippen LogP contribution in [0.1, 0.15) is 32.8 Å². The number of aryl methyl sites for hydroxylation is 1. The second-order valence-corrected chi connectivity index (χ2v) is 6.29. The Morgan fingerprint density at radius 3 is 2.64 bits per heavy atom. The lowest BCUT2D eigenvalue weighted by Gasteiger charge is -2.34. The number of hydrogen-bond donors (Lipinski definition) is 1. The predicted octanol–water partition coefficient (Wildman–Crippen LogP) is 1.96. The van der Waals surface area contributed by atoms with Gasteiger partial charge >= 0.3 is 0 Å². The minimum Gasteiger partial charge on any atom is -0.478 e. The van der Waals surface area contributed by atoms with Crippen LogP contribution >= 0.6 is 0 Å². The molecule has 0 spiro atoms. The van der Waals surface area contributed by atoms with Crippen LogP contribution < -0.4 is 15.0 Å². The summed E-state index contributed by atoms with van der Waals surface area (Å²) in [6, 6.07) is 5.71. The molecule has 1 atom stereocenters. The second kappa shape index (κ2) is 8.85. The van der Waals surface area contributed by atoms with Gasteiger partial charge in [-0.3, -0.25) is 14.5 Å². The Bertz CT molecular complexity index is 614. The standard InChI is InChI=1S/C19H29N3O3/c1-5-16-19(24)22(15-12-14(4)8-9-17(15)25-16)13-18(23)20-10-11-21(6-2)7-3/h8-9,12,16H,5-7,10-11,13H2,1-4H3,(H,20,23)/t16-/m1/s1. The van der Waals surface area contributed by atoms with Crippen LogP contribution in [-0.2, 0) is 9.59 Å². The summed E-state index contributed by atoms with van der Waals surface area (Å²) in [6.45, 7) is 11.4. The first-order valence-corrected chi connectivity index (χ1v) is 9.07. The summed E-state index contributed by atoms with van der Waals surface area (Å²) < 4.78 is 5.77. The maximum absolute atomic E-state index is 12.7. The zero-order valence-corrected chi connectivity index (χ0v) is 15.7. The molecule has 1 aromatic carbocycles. The van der Waals surface area contributed by atoms with E-state index in [1.54, 1.807) is 4.90 Å². The molecular formula is C19H29N3O3. The third kappa shape index (κ3) is 4.72. The number of fused-ring (bicyclic) bond motifs is 1. The highest BCUT2D eigenvalue weighted by molar-refractivity contribution is 6.03. The van der Waals surface area contributed by atoms with E-state index in [4.69, 9.17) is 4.74 Å². The number of amides is 2. The largest absolute Gasteiger partial charge is 0.478 e. The molecular weight excluding hydrogens is 318 g/mol. The number of rotatable bonds is 8. The summed E-state index contributed by atoms with van der Waals surface area (Å²) in [6.07, 6.45) is 0.0466. The first-order chi connectivity index (χ1) is 12.0. The van der Waals surface area contributed by atoms with Crippen molar-refractivity contribution in [3.63, 3.8) is 0 Å². The smallest absolute Gasteiger partial charge is 0.268 e. The van der Waals surface area contributed by atoms with Crippen molar-refractivity contribution in [1.82, 2.24) is 10.2 Å². The van der Waals surface area contributed by atoms with Gasteiger partial charge in [-0.25, -0.2) is 0 Å². The van der Waals surface area contributed by atoms with E-state index in [1.807, 2.05) is 32.0 Å². The van der Waals surface area contributed by atoms with E-state index in [2.05, 4.69) is 24.1 Å². The van der Waals surface area contributed by atoms with Crippen LogP contribution in [0, 0.1) is 6.92 Å². The van der Waals surface area contributed by atoms with Gasteiger partial charge in [0, 0.05) is 13.1 Å². The van der Waals surface area contributed by atoms with Crippen molar-refractivity contribution in [2.75, 3.05) is 37.6 Å². The fourth-order valence-electron chi connectivity index (χ4n) is 2.95. The number of anilines is 1. The number of nitrogens with zero attached hydrogens (tertiary/aromatic N) is 2. The summed E-state index contributed by atoms with van der Waals surface area (Å²) in [5.74, 6) is 0.359. The van der Waals surface area contributed by atoms with E-state index < -0.39 is 6.10 Å². The molecule has 0 aromatic heterocycles. The minimum absolute atomic E-state index is 0.0212. The average molecular weight is 347 g/mol. The average Bonchev–Trinajstić information content (AvgIpc) is 2.61. The molecule has 1 heterocycles. The zero-order valence-electron chi connectivity index (χ0n) is 15.7. The Morgan fingerprint density at radius 2 is 2.00 bits per heavy atom. The van der Waals surface area contributed by atoms with Gasteiger partial charge < -0.3 is 15.0 Å². The molecule has 0 radical (unpaired) electrons. The van der Waals surface area contributed by atoms with E-state index in [-0.39, 0.29) is 18.4 Å². The van der Waals surface area contributed by atoms with Crippen LogP contribution in [0.4, 0.5) is 5.69 Å². The molecule has 0 aliphatic carbocycles. The maximum atomic E-state index is 12.7. The molecule has 2 rings (SSSR count). The highest BCUT2D eigenvalue weighted by Gasteiger charge is 2.34. The van der Waals surface area contributed by atoms with Gasteiger partial charge in [0.1, 0.15) is 12.3 Å². The zero-order chi connectivity index (χ0) is 18.4. The Labute approximate surface area is 150 Å². The van der Waals surface area contributed by atoms with E-state index in [0.717, 1.165) is 25.2 Å². The van der Waals surface area contributed by atoms with Gasteiger partial charge in [0.25, 0.3) is 5.91 Å². The summed E-state index contributed by atoms with van der Waals surface area (Å²) >= 11 is 0. The fourth-order valence-corrected chi connectivity index (χ4v) is 2.95. The van der Waals surface area contributed by atoms with Crippen LogP contribution in [0.5, 0.6) is 5.75 Å². The third-order valence-corrected chi connectivity index (χ3v) is 4.53. The number of carbonyl (C=O) groups excluding carboxylic acids is 2. The number of nitrogens with one attached hydrogen (secondary N) is 1. The van der Waals surface area contributed by atoms with Gasteiger partial charge in [-0.05, 0) is 44.1 Å². The molecule has 6 nitrogen and oxygen atoms in total. The summed E-state index contributed by atoms with van der Waals surface area (Å²) in [5.41, 5.74) is 1.70. The summed E-state index contributed by atoms with van der Waals surface area (Å²) in [5, 5.41) is 2.91. The maximum Gasteiger partial charge on any atom is 0.268 e. The molecule has 1 aliphatic heterocycles. The van der Waals surface area contributed by atoms with Crippen molar-refractivity contribution in [3.05, 3.63) is 23.8 Å². The quantitative estimate of drug-likeness (QED) is 0.781. The molecule has 1 aliphatic rings. The van der Waals surface area contributed by atoms with Gasteiger partial charge in [-0.1, -0.05) is 26.8 Å². The first-order valence-electron chi connectivity index (χ1n) is 9.07. The summed E-state index contributed by atoms with van der Waals surface area (Å²) in [7, 11) is 0. The number of hydrogen-bond acceptors (Lipinski definition) is 4. The van der Waals surface area contributed by atoms with Crippen LogP contribution in [0.3, 0.4) is 0 Å². The van der Waals surface area contributed by atoms with Crippen LogP contribution in [0.25, 0.3) is 0 Å². The Hall–Kier alpha value is -2.08. The summed E-state index contributed by atoms with van der Waals surface area (Å²) in [4.78, 5) is 28.8. The normalized spacial score (nSPS) is 16.6. The molecule has 1 aromatic rings. The Kier molecular flexibility index (Phi) is 6.82. The first kappa shape index (κ1) is 19.2. The van der Waals surface area contributed by atoms with Gasteiger partial charge in [0.2, 0.25) is 5.91 Å². The molecule has 0 saturated carbocycles. The van der Waals surface area contributed by atoms with Crippen LogP contribution in [-0.4, -0.2) is 55.5 Å². The van der Waals surface area contributed by atoms with Crippen molar-refractivity contribution < 1.29 is 14.3 Å². The molecule has 25 heavy (non-hydrogen) atoms. The van der Waals surface area contributed by atoms with Gasteiger partial charge in [0.05, 0.1) is 5.69 Å². The van der Waals surface area contributed by atoms with Crippen molar-refractivity contribution in [3.8, 4) is 5.75 Å². The van der Waals surface area contributed by atoms with Gasteiger partial charge in [-0.2, -0.15) is 0 Å². The van der Waals surface area contributed by atoms with Crippen LogP contribution in [0.2, 0.25) is 0 Å². The van der Waals surface area contributed by atoms with E-state index in [9.17, 15) is 9.59 Å². The van der Waals surface area contributed by atoms with Crippen molar-refractivity contribution >= 4 is 17.5 Å². The molecule has 2 amide bonds. The molecule has 6 heteroatoms. The fraction of sp³-hybridized carbons (Fsp3) is 0.579. The van der Waals surface area contributed by atoms with E-state index >= 15 is 0 Å². The number of ether oxygens (including phenoxy) is 1. The molecule has 1 N–H and O–H groups in total. The molecule has 0 fully saturated rings. The van der Waals surface area contributed by atoms with Crippen molar-refractivity contribution in [2.24, 2.45) is 0 Å². The van der Waals surface area contributed by atoms with E-state index in [1.165, 1.54) is 0 Å². The Balaban J connectivity index is 2.05. The number of benzene rings is 1. The van der Waals surface area contributed by atoms with Gasteiger partial charge in [0.15, 0.2) is 6.10 Å². The van der Waals surface area contributed by atoms with Crippen molar-refractivity contribution in [2.45, 2.75) is 40.2 Å². The van der Waals surface area contributed by atoms with E-state index in [0.29, 0.717) is 24.4 Å². The minimum atomic E-state index is -0.529. The van der Waals surface area contributed by atoms with Gasteiger partial charge in [-0.15, -0.1) is 0 Å². The molecule has 0 bridgehead atoms. The predicted molar refractivity (Wildman–Crippen MR) is 99.0 cm³/mol. The van der Waals surface area contributed by atoms with Crippen molar-refractivity contribution in [1.29, 1.82) is 0 Å². The van der Waals surface area contributed by atoms with Crippen LogP contribution in [0.15, 0.2) is 18.2 Å². The molecule has 138 valence electrons. The monoisotopic (exact) mass is 347 g/mol. The molecule has 0 unspecified atom stereocenters. The SMILES string of the molecule is CC[C@H]1Oc2ccc(C)cc2N(CC(=O)NCCN(CC)CC)C1=O. The Morgan fingerprint density at radius 1 is 1.28 bits per heavy atom. The topological polar surface area (TPSA) is 61.9 Å². The molecule has 0 saturated heterocycles. The lowest BCUT2D eigenvalue weighted by atomic mass is 10.1. The highest BCUT2D eigenvalue weighted by Crippen LogP contribution is 2.35. The lowest BCUT2D eigenvalue weighted by Crippen LogP contribution is -2.50. The second-order valence-electron chi connectivity index (χ2n) is 6.29. The third-order valence-electron chi connectivity index (χ3n) is 4.53. The lowest BCUT2D eigenvalue weighted by molar-refractivity contribution is -0.129. The number of carbonyl (C=O) groups is 2. The highest BCUT2D eigenvalue weighted by atomic mass is 16.5. The number of likely N-dealkylation sites (N-methyl/N-ethyl adjacent to an activating group) is 1.